The van der Waals surface area contributed by atoms with Gasteiger partial charge >= 0.3 is 0 Å². The maximum atomic E-state index is 10.6. The molecule has 0 unspecified atom stereocenters. The predicted molar refractivity (Wildman–Crippen MR) is 64.9 cm³/mol. The monoisotopic (exact) mass is 304 g/mol. The summed E-state index contributed by atoms with van der Waals surface area (Å²) in [6, 6.07) is 5.49. The second-order valence-electron chi connectivity index (χ2n) is 4.05. The molecule has 0 amide bonds. The highest BCUT2D eigenvalue weighted by Gasteiger charge is 2.12. The summed E-state index contributed by atoms with van der Waals surface area (Å²) in [6.07, 6.45) is 0.831. The largest absolute Gasteiger partial charge is 0.488 e. The first-order chi connectivity index (χ1) is 6.40. The number of benzene rings is 1. The van der Waals surface area contributed by atoms with E-state index in [9.17, 15) is 4.79 Å². The molecule has 0 atom stereocenters. The third kappa shape index (κ3) is 3.65. The van der Waals surface area contributed by atoms with E-state index in [4.69, 9.17) is 4.74 Å². The smallest absolute Gasteiger partial charge is 0.150 e. The Morgan fingerprint density at radius 2 is 1.93 bits per heavy atom. The molecular weight excluding hydrogens is 291 g/mol. The van der Waals surface area contributed by atoms with E-state index in [-0.39, 0.29) is 5.60 Å². The van der Waals surface area contributed by atoms with E-state index in [1.165, 1.54) is 0 Å². The van der Waals surface area contributed by atoms with Crippen molar-refractivity contribution >= 4 is 28.9 Å². The fourth-order valence-electron chi connectivity index (χ4n) is 1.06. The van der Waals surface area contributed by atoms with E-state index in [1.54, 1.807) is 6.07 Å². The zero-order chi connectivity index (χ0) is 10.8. The molecule has 14 heavy (non-hydrogen) atoms. The van der Waals surface area contributed by atoms with Gasteiger partial charge in [0.15, 0.2) is 0 Å². The van der Waals surface area contributed by atoms with Crippen LogP contribution in [0.5, 0.6) is 5.75 Å². The molecule has 0 saturated carbocycles. The lowest BCUT2D eigenvalue weighted by atomic mass is 10.2. The maximum absolute atomic E-state index is 10.6. The number of aldehydes is 1. The van der Waals surface area contributed by atoms with E-state index in [0.29, 0.717) is 5.56 Å². The highest BCUT2D eigenvalue weighted by atomic mass is 127. The van der Waals surface area contributed by atoms with Gasteiger partial charge in [0, 0.05) is 9.13 Å². The summed E-state index contributed by atoms with van der Waals surface area (Å²) in [6.45, 7) is 5.94. The average Bonchev–Trinajstić information content (AvgIpc) is 1.99. The molecule has 0 aliphatic carbocycles. The second kappa shape index (κ2) is 4.29. The fourth-order valence-corrected chi connectivity index (χ4v) is 1.73. The van der Waals surface area contributed by atoms with Crippen molar-refractivity contribution in [1.82, 2.24) is 0 Å². The van der Waals surface area contributed by atoms with Crippen LogP contribution in [0.25, 0.3) is 0 Å². The van der Waals surface area contributed by atoms with Crippen molar-refractivity contribution < 1.29 is 9.53 Å². The number of ether oxygens (including phenoxy) is 1. The van der Waals surface area contributed by atoms with Gasteiger partial charge in [-0.2, -0.15) is 0 Å². The Bertz CT molecular complexity index is 340. The lowest BCUT2D eigenvalue weighted by Gasteiger charge is -2.21. The van der Waals surface area contributed by atoms with Crippen LogP contribution in [-0.4, -0.2) is 11.9 Å². The molecule has 0 radical (unpaired) electrons. The van der Waals surface area contributed by atoms with Crippen LogP contribution < -0.4 is 4.74 Å². The van der Waals surface area contributed by atoms with Gasteiger partial charge in [-0.05, 0) is 61.6 Å². The van der Waals surface area contributed by atoms with Gasteiger partial charge in [0.25, 0.3) is 0 Å². The summed E-state index contributed by atoms with van der Waals surface area (Å²) in [7, 11) is 0. The second-order valence-corrected chi connectivity index (χ2v) is 5.30. The maximum Gasteiger partial charge on any atom is 0.150 e. The van der Waals surface area contributed by atoms with Crippen LogP contribution in [0.15, 0.2) is 18.2 Å². The zero-order valence-electron chi connectivity index (χ0n) is 8.50. The first-order valence-electron chi connectivity index (χ1n) is 4.35. The molecule has 76 valence electrons. The summed E-state index contributed by atoms with van der Waals surface area (Å²) >= 11 is 2.17. The van der Waals surface area contributed by atoms with E-state index in [1.807, 2.05) is 32.9 Å². The summed E-state index contributed by atoms with van der Waals surface area (Å²) in [4.78, 5) is 10.6. The molecule has 2 nitrogen and oxygen atoms in total. The van der Waals surface area contributed by atoms with Crippen molar-refractivity contribution in [2.45, 2.75) is 26.4 Å². The third-order valence-electron chi connectivity index (χ3n) is 1.45. The lowest BCUT2D eigenvalue weighted by Crippen LogP contribution is -2.23. The normalized spacial score (nSPS) is 11.1. The van der Waals surface area contributed by atoms with E-state index in [0.717, 1.165) is 15.6 Å². The first-order valence-corrected chi connectivity index (χ1v) is 5.43. The molecule has 0 saturated heterocycles. The third-order valence-corrected chi connectivity index (χ3v) is 2.08. The quantitative estimate of drug-likeness (QED) is 0.619. The Hall–Kier alpha value is -0.580. The Labute approximate surface area is 97.8 Å². The van der Waals surface area contributed by atoms with Gasteiger partial charge in [-0.15, -0.1) is 0 Å². The molecule has 0 spiro atoms. The average molecular weight is 304 g/mol. The highest BCUT2D eigenvalue weighted by molar-refractivity contribution is 14.1. The van der Waals surface area contributed by atoms with Crippen molar-refractivity contribution in [1.29, 1.82) is 0 Å². The molecular formula is C11H13IO2. The van der Waals surface area contributed by atoms with E-state index < -0.39 is 0 Å². The van der Waals surface area contributed by atoms with Crippen LogP contribution >= 0.6 is 22.6 Å². The number of hydrogen-bond donors (Lipinski definition) is 0. The molecule has 0 aromatic heterocycles. The minimum Gasteiger partial charge on any atom is -0.488 e. The Morgan fingerprint density at radius 1 is 1.29 bits per heavy atom. The molecule has 1 aromatic rings. The SMILES string of the molecule is CC(C)(C)Oc1cc(I)cc(C=O)c1. The zero-order valence-corrected chi connectivity index (χ0v) is 10.7. The van der Waals surface area contributed by atoms with Gasteiger partial charge in [0.1, 0.15) is 17.6 Å². The number of halogens is 1. The van der Waals surface area contributed by atoms with Gasteiger partial charge in [0.05, 0.1) is 0 Å². The number of rotatable bonds is 2. The molecule has 1 aromatic carbocycles. The summed E-state index contributed by atoms with van der Waals surface area (Å²) in [5, 5.41) is 0. The van der Waals surface area contributed by atoms with Gasteiger partial charge in [-0.1, -0.05) is 0 Å². The molecule has 0 aliphatic rings. The molecule has 0 heterocycles. The Kier molecular flexibility index (Phi) is 3.53. The number of carbonyl (C=O) groups is 1. The minimum absolute atomic E-state index is 0.232. The Morgan fingerprint density at radius 3 is 2.43 bits per heavy atom. The molecule has 0 aliphatic heterocycles. The van der Waals surface area contributed by atoms with Crippen LogP contribution in [0.4, 0.5) is 0 Å². The van der Waals surface area contributed by atoms with Crippen LogP contribution in [0, 0.1) is 3.57 Å². The van der Waals surface area contributed by atoms with Crippen molar-refractivity contribution in [2.75, 3.05) is 0 Å². The number of carbonyl (C=O) groups excluding carboxylic acids is 1. The fraction of sp³-hybridized carbons (Fsp3) is 0.364. The van der Waals surface area contributed by atoms with Crippen LogP contribution in [0.3, 0.4) is 0 Å². The molecule has 0 bridgehead atoms. The van der Waals surface area contributed by atoms with Gasteiger partial charge in [-0.25, -0.2) is 0 Å². The summed E-state index contributed by atoms with van der Waals surface area (Å²) in [5.41, 5.74) is 0.418. The number of hydrogen-bond acceptors (Lipinski definition) is 2. The van der Waals surface area contributed by atoms with Gasteiger partial charge in [0.2, 0.25) is 0 Å². The van der Waals surface area contributed by atoms with Crippen molar-refractivity contribution in [2.24, 2.45) is 0 Å². The highest BCUT2D eigenvalue weighted by Crippen LogP contribution is 2.22. The first kappa shape index (κ1) is 11.5. The molecule has 1 rings (SSSR count). The van der Waals surface area contributed by atoms with Crippen molar-refractivity contribution in [3.63, 3.8) is 0 Å². The van der Waals surface area contributed by atoms with E-state index in [2.05, 4.69) is 22.6 Å². The van der Waals surface area contributed by atoms with Gasteiger partial charge < -0.3 is 4.74 Å². The topological polar surface area (TPSA) is 26.3 Å². The minimum atomic E-state index is -0.232. The lowest BCUT2D eigenvalue weighted by molar-refractivity contribution is 0.111. The molecule has 0 fully saturated rings. The van der Waals surface area contributed by atoms with Gasteiger partial charge in [-0.3, -0.25) is 4.79 Å². The molecule has 0 N–H and O–H groups in total. The standard InChI is InChI=1S/C11H13IO2/c1-11(2,3)14-10-5-8(7-13)4-9(12)6-10/h4-7H,1-3H3. The van der Waals surface area contributed by atoms with Crippen LogP contribution in [0.2, 0.25) is 0 Å². The Balaban J connectivity index is 2.98. The molecule has 3 heteroatoms. The van der Waals surface area contributed by atoms with E-state index >= 15 is 0 Å². The van der Waals surface area contributed by atoms with Crippen molar-refractivity contribution in [3.8, 4) is 5.75 Å². The van der Waals surface area contributed by atoms with Crippen LogP contribution in [-0.2, 0) is 0 Å². The predicted octanol–water partition coefficient (Wildman–Crippen LogP) is 3.28. The van der Waals surface area contributed by atoms with Crippen LogP contribution in [0.1, 0.15) is 31.1 Å². The van der Waals surface area contributed by atoms with Crippen molar-refractivity contribution in [3.05, 3.63) is 27.3 Å². The summed E-state index contributed by atoms with van der Waals surface area (Å²) < 4.78 is 6.67. The summed E-state index contributed by atoms with van der Waals surface area (Å²) in [5.74, 6) is 0.742.